The summed E-state index contributed by atoms with van der Waals surface area (Å²) in [6.45, 7) is 0. The van der Waals surface area contributed by atoms with Crippen molar-refractivity contribution in [2.75, 3.05) is 5.73 Å². The summed E-state index contributed by atoms with van der Waals surface area (Å²) >= 11 is 1.64. The van der Waals surface area contributed by atoms with Crippen LogP contribution >= 0.6 is 11.8 Å². The van der Waals surface area contributed by atoms with E-state index in [4.69, 9.17) is 5.73 Å². The Labute approximate surface area is 125 Å². The molecule has 0 unspecified atom stereocenters. The molecule has 0 radical (unpaired) electrons. The number of aromatic amines is 1. The molecule has 104 valence electrons. The van der Waals surface area contributed by atoms with Crippen LogP contribution in [0.1, 0.15) is 5.69 Å². The summed E-state index contributed by atoms with van der Waals surface area (Å²) in [4.78, 5) is 12.4. The predicted molar refractivity (Wildman–Crippen MR) is 85.3 cm³/mol. The van der Waals surface area contributed by atoms with Crippen LogP contribution in [0.25, 0.3) is 16.7 Å². The van der Waals surface area contributed by atoms with E-state index in [0.717, 1.165) is 39.0 Å². The topological polar surface area (TPSA) is 72.0 Å². The second-order valence-electron chi connectivity index (χ2n) is 4.81. The molecule has 0 bridgehead atoms. The van der Waals surface area contributed by atoms with E-state index in [9.17, 15) is 0 Å². The van der Waals surface area contributed by atoms with E-state index in [-0.39, 0.29) is 0 Å². The number of anilines is 1. The lowest BCUT2D eigenvalue weighted by atomic mass is 10.3. The van der Waals surface area contributed by atoms with E-state index in [1.54, 1.807) is 11.8 Å². The van der Waals surface area contributed by atoms with E-state index in [0.29, 0.717) is 0 Å². The second kappa shape index (κ2) is 4.82. The Morgan fingerprint density at radius 3 is 3.05 bits per heavy atom. The maximum Gasteiger partial charge on any atom is 0.166 e. The van der Waals surface area contributed by atoms with Gasteiger partial charge in [0.2, 0.25) is 0 Å². The molecule has 4 rings (SSSR count). The highest BCUT2D eigenvalue weighted by Crippen LogP contribution is 2.24. The third-order valence-electron chi connectivity index (χ3n) is 3.25. The Morgan fingerprint density at radius 2 is 2.14 bits per heavy atom. The number of rotatable bonds is 3. The lowest BCUT2D eigenvalue weighted by molar-refractivity contribution is 1.07. The molecule has 6 heteroatoms. The molecule has 4 aromatic rings. The van der Waals surface area contributed by atoms with E-state index in [2.05, 4.69) is 15.0 Å². The molecule has 3 heterocycles. The van der Waals surface area contributed by atoms with Gasteiger partial charge in [0.25, 0.3) is 0 Å². The minimum atomic E-state index is 0.739. The molecule has 0 amide bonds. The number of imidazole rings is 2. The Morgan fingerprint density at radius 1 is 1.19 bits per heavy atom. The molecule has 0 aliphatic carbocycles. The monoisotopic (exact) mass is 295 g/mol. The number of thioether (sulfide) groups is 1. The molecule has 0 saturated carbocycles. The van der Waals surface area contributed by atoms with Crippen LogP contribution in [0.5, 0.6) is 0 Å². The van der Waals surface area contributed by atoms with Gasteiger partial charge in [-0.2, -0.15) is 0 Å². The van der Waals surface area contributed by atoms with Crippen molar-refractivity contribution in [2.45, 2.75) is 10.9 Å². The summed E-state index contributed by atoms with van der Waals surface area (Å²) in [5.74, 6) is 0.775. The third kappa shape index (κ3) is 2.34. The summed E-state index contributed by atoms with van der Waals surface area (Å²) in [5.41, 5.74) is 10.4. The van der Waals surface area contributed by atoms with Crippen LogP contribution in [0.15, 0.2) is 53.9 Å². The number of fused-ring (bicyclic) bond motifs is 2. The average molecular weight is 295 g/mol. The van der Waals surface area contributed by atoms with Gasteiger partial charge in [-0.1, -0.05) is 17.8 Å². The summed E-state index contributed by atoms with van der Waals surface area (Å²) < 4.78 is 2.02. The van der Waals surface area contributed by atoms with Crippen molar-refractivity contribution in [1.82, 2.24) is 19.4 Å². The SMILES string of the molecule is Nc1ccc2nc(SCc3cn4ccccc4n3)[nH]c2c1. The molecule has 0 aliphatic heterocycles. The normalized spacial score (nSPS) is 11.4. The van der Waals surface area contributed by atoms with Crippen molar-refractivity contribution in [3.63, 3.8) is 0 Å². The van der Waals surface area contributed by atoms with Gasteiger partial charge in [0.1, 0.15) is 5.65 Å². The van der Waals surface area contributed by atoms with E-state index >= 15 is 0 Å². The van der Waals surface area contributed by atoms with Gasteiger partial charge in [-0.15, -0.1) is 0 Å². The van der Waals surface area contributed by atoms with Crippen molar-refractivity contribution >= 4 is 34.1 Å². The number of aromatic nitrogens is 4. The number of nitrogens with zero attached hydrogens (tertiary/aromatic N) is 3. The van der Waals surface area contributed by atoms with Gasteiger partial charge < -0.3 is 15.1 Å². The minimum Gasteiger partial charge on any atom is -0.399 e. The van der Waals surface area contributed by atoms with Crippen LogP contribution in [-0.2, 0) is 5.75 Å². The highest BCUT2D eigenvalue weighted by molar-refractivity contribution is 7.98. The van der Waals surface area contributed by atoms with Crippen LogP contribution < -0.4 is 5.73 Å². The van der Waals surface area contributed by atoms with Gasteiger partial charge in [0.05, 0.1) is 16.7 Å². The molecule has 0 fully saturated rings. The molecule has 3 N–H and O–H groups in total. The number of hydrogen-bond acceptors (Lipinski definition) is 4. The predicted octanol–water partition coefficient (Wildman–Crippen LogP) is 3.09. The lowest BCUT2D eigenvalue weighted by Gasteiger charge is -1.92. The molecule has 3 aromatic heterocycles. The van der Waals surface area contributed by atoms with Gasteiger partial charge in [-0.25, -0.2) is 9.97 Å². The quantitative estimate of drug-likeness (QED) is 0.450. The number of H-pyrrole nitrogens is 1. The molecule has 21 heavy (non-hydrogen) atoms. The summed E-state index contributed by atoms with van der Waals surface area (Å²) in [6.07, 6.45) is 4.05. The van der Waals surface area contributed by atoms with Gasteiger partial charge in [0, 0.05) is 23.8 Å². The van der Waals surface area contributed by atoms with Gasteiger partial charge in [-0.3, -0.25) is 0 Å². The van der Waals surface area contributed by atoms with E-state index in [1.165, 1.54) is 0 Å². The van der Waals surface area contributed by atoms with E-state index in [1.807, 2.05) is 53.2 Å². The van der Waals surface area contributed by atoms with Crippen LogP contribution in [0, 0.1) is 0 Å². The van der Waals surface area contributed by atoms with Crippen LogP contribution in [-0.4, -0.2) is 19.4 Å². The number of benzene rings is 1. The molecule has 0 spiro atoms. The van der Waals surface area contributed by atoms with Crippen molar-refractivity contribution in [2.24, 2.45) is 0 Å². The standard InChI is InChI=1S/C15H13N5S/c16-10-4-5-12-13(7-10)19-15(18-12)21-9-11-8-20-6-2-1-3-14(20)17-11/h1-8H,9,16H2,(H,18,19). The molecular formula is C15H13N5S. The molecule has 0 atom stereocenters. The first-order valence-electron chi connectivity index (χ1n) is 6.58. The van der Waals surface area contributed by atoms with Gasteiger partial charge in [-0.05, 0) is 30.3 Å². The summed E-state index contributed by atoms with van der Waals surface area (Å²) in [5, 5.41) is 0.882. The molecule has 0 saturated heterocycles. The highest BCUT2D eigenvalue weighted by Gasteiger charge is 2.06. The van der Waals surface area contributed by atoms with Gasteiger partial charge >= 0.3 is 0 Å². The van der Waals surface area contributed by atoms with E-state index < -0.39 is 0 Å². The number of hydrogen-bond donors (Lipinski definition) is 2. The fourth-order valence-electron chi connectivity index (χ4n) is 2.27. The lowest BCUT2D eigenvalue weighted by Crippen LogP contribution is -1.82. The van der Waals surface area contributed by atoms with Gasteiger partial charge in [0.15, 0.2) is 5.16 Å². The molecule has 5 nitrogen and oxygen atoms in total. The first-order chi connectivity index (χ1) is 10.3. The molecule has 0 aliphatic rings. The van der Waals surface area contributed by atoms with Crippen molar-refractivity contribution in [1.29, 1.82) is 0 Å². The van der Waals surface area contributed by atoms with Crippen molar-refractivity contribution in [3.05, 3.63) is 54.5 Å². The van der Waals surface area contributed by atoms with Crippen LogP contribution in [0.4, 0.5) is 5.69 Å². The second-order valence-corrected chi connectivity index (χ2v) is 5.77. The Balaban J connectivity index is 1.57. The van der Waals surface area contributed by atoms with Crippen molar-refractivity contribution < 1.29 is 0 Å². The first kappa shape index (κ1) is 12.3. The summed E-state index contributed by atoms with van der Waals surface area (Å²) in [6, 6.07) is 11.7. The van der Waals surface area contributed by atoms with Crippen LogP contribution in [0.2, 0.25) is 0 Å². The minimum absolute atomic E-state index is 0.739. The maximum atomic E-state index is 5.77. The molecule has 1 aromatic carbocycles. The highest BCUT2D eigenvalue weighted by atomic mass is 32.2. The number of nitrogens with two attached hydrogens (primary N) is 1. The third-order valence-corrected chi connectivity index (χ3v) is 4.16. The largest absolute Gasteiger partial charge is 0.399 e. The number of nitrogen functional groups attached to an aromatic ring is 1. The smallest absolute Gasteiger partial charge is 0.166 e. The number of nitrogens with one attached hydrogen (secondary N) is 1. The van der Waals surface area contributed by atoms with Crippen LogP contribution in [0.3, 0.4) is 0 Å². The average Bonchev–Trinajstić information content (AvgIpc) is 3.07. The fourth-order valence-corrected chi connectivity index (χ4v) is 3.04. The Bertz CT molecular complexity index is 891. The Kier molecular flexibility index (Phi) is 2.82. The van der Waals surface area contributed by atoms with Crippen molar-refractivity contribution in [3.8, 4) is 0 Å². The Hall–Kier alpha value is -2.47. The fraction of sp³-hybridized carbons (Fsp3) is 0.0667. The first-order valence-corrected chi connectivity index (χ1v) is 7.57. The zero-order chi connectivity index (χ0) is 14.2. The summed E-state index contributed by atoms with van der Waals surface area (Å²) in [7, 11) is 0. The molecular weight excluding hydrogens is 282 g/mol. The number of pyridine rings is 1. The zero-order valence-corrected chi connectivity index (χ0v) is 12.0. The zero-order valence-electron chi connectivity index (χ0n) is 11.2. The maximum absolute atomic E-state index is 5.77.